The number of hydrogen-bond donors (Lipinski definition) is 1. The van der Waals surface area contributed by atoms with Crippen LogP contribution < -0.4 is 10.2 Å². The Hall–Kier alpha value is -2.94. The lowest BCUT2D eigenvalue weighted by molar-refractivity contribution is -0.384. The summed E-state index contributed by atoms with van der Waals surface area (Å²) in [5.74, 6) is -0.473. The molecule has 1 aromatic carbocycles. The van der Waals surface area contributed by atoms with E-state index < -0.39 is 16.9 Å². The molecule has 0 saturated carbocycles. The number of carbonyl (C=O) groups is 2. The number of carbonyl (C=O) groups excluding carboxylic acids is 2. The highest BCUT2D eigenvalue weighted by Crippen LogP contribution is 2.28. The van der Waals surface area contributed by atoms with E-state index in [0.717, 1.165) is 10.6 Å². The number of morpholine rings is 1. The number of nitro benzene ring substituents is 1. The fourth-order valence-electron chi connectivity index (χ4n) is 2.64. The van der Waals surface area contributed by atoms with Crippen molar-refractivity contribution in [2.24, 2.45) is 0 Å². The van der Waals surface area contributed by atoms with E-state index in [4.69, 9.17) is 4.74 Å². The SMILES string of the molecule is CN1C(=O)N/C(=C\c2cc([N+](=O)[O-])ccc2N2CCOCC2)C1=O. The van der Waals surface area contributed by atoms with E-state index in [1.165, 1.54) is 25.3 Å². The zero-order valence-corrected chi connectivity index (χ0v) is 13.0. The van der Waals surface area contributed by atoms with Crippen molar-refractivity contribution in [3.63, 3.8) is 0 Å². The van der Waals surface area contributed by atoms with E-state index in [1.54, 1.807) is 6.07 Å². The van der Waals surface area contributed by atoms with Gasteiger partial charge in [0.25, 0.3) is 11.6 Å². The summed E-state index contributed by atoms with van der Waals surface area (Å²) in [6.45, 7) is 2.42. The number of likely N-dealkylation sites (N-methyl/N-ethyl adjacent to an activating group) is 1. The van der Waals surface area contributed by atoms with Crippen LogP contribution in [0.4, 0.5) is 16.2 Å². The second-order valence-corrected chi connectivity index (χ2v) is 5.45. The molecule has 2 saturated heterocycles. The molecule has 1 aromatic rings. The minimum absolute atomic E-state index is 0.0796. The van der Waals surface area contributed by atoms with E-state index in [0.29, 0.717) is 31.9 Å². The minimum Gasteiger partial charge on any atom is -0.378 e. The number of benzene rings is 1. The maximum absolute atomic E-state index is 12.0. The molecule has 1 N–H and O–H groups in total. The van der Waals surface area contributed by atoms with Crippen LogP contribution in [0.3, 0.4) is 0 Å². The van der Waals surface area contributed by atoms with Gasteiger partial charge in [0.05, 0.1) is 18.1 Å². The monoisotopic (exact) mass is 332 g/mol. The molecule has 2 aliphatic heterocycles. The van der Waals surface area contributed by atoms with Crippen molar-refractivity contribution in [2.45, 2.75) is 0 Å². The second-order valence-electron chi connectivity index (χ2n) is 5.45. The van der Waals surface area contributed by atoms with Gasteiger partial charge in [-0.1, -0.05) is 0 Å². The largest absolute Gasteiger partial charge is 0.378 e. The van der Waals surface area contributed by atoms with Crippen molar-refractivity contribution in [3.8, 4) is 0 Å². The van der Waals surface area contributed by atoms with Crippen molar-refractivity contribution in [1.82, 2.24) is 10.2 Å². The van der Waals surface area contributed by atoms with Gasteiger partial charge < -0.3 is 15.0 Å². The van der Waals surface area contributed by atoms with Gasteiger partial charge in [0, 0.05) is 43.5 Å². The minimum atomic E-state index is -0.524. The summed E-state index contributed by atoms with van der Waals surface area (Å²) in [5, 5.41) is 13.5. The van der Waals surface area contributed by atoms with Crippen molar-refractivity contribution in [3.05, 3.63) is 39.6 Å². The molecule has 9 nitrogen and oxygen atoms in total. The summed E-state index contributed by atoms with van der Waals surface area (Å²) in [6.07, 6.45) is 1.47. The molecule has 0 atom stereocenters. The second kappa shape index (κ2) is 6.28. The Kier molecular flexibility index (Phi) is 4.17. The first-order chi connectivity index (χ1) is 11.5. The van der Waals surface area contributed by atoms with E-state index in [1.807, 2.05) is 4.90 Å². The molecule has 0 aliphatic carbocycles. The van der Waals surface area contributed by atoms with Crippen LogP contribution in [-0.2, 0) is 9.53 Å². The Morgan fingerprint density at radius 3 is 2.58 bits per heavy atom. The van der Waals surface area contributed by atoms with Crippen molar-refractivity contribution >= 4 is 29.4 Å². The van der Waals surface area contributed by atoms with Crippen LogP contribution in [0.15, 0.2) is 23.9 Å². The standard InChI is InChI=1S/C15H16N4O5/c1-17-14(20)12(16-15(17)21)9-10-8-11(19(22)23)2-3-13(10)18-4-6-24-7-5-18/h2-3,8-9H,4-7H2,1H3,(H,16,21)/b12-9-. The summed E-state index contributed by atoms with van der Waals surface area (Å²) in [4.78, 5) is 37.1. The van der Waals surface area contributed by atoms with Crippen molar-refractivity contribution in [1.29, 1.82) is 0 Å². The summed E-state index contributed by atoms with van der Waals surface area (Å²) >= 11 is 0. The Morgan fingerprint density at radius 2 is 2.00 bits per heavy atom. The molecular weight excluding hydrogens is 316 g/mol. The third-order valence-electron chi connectivity index (χ3n) is 3.95. The number of imide groups is 1. The predicted octanol–water partition coefficient (Wildman–Crippen LogP) is 0.954. The number of anilines is 1. The number of ether oxygens (including phenoxy) is 1. The number of nitrogens with one attached hydrogen (secondary N) is 1. The van der Waals surface area contributed by atoms with E-state index >= 15 is 0 Å². The van der Waals surface area contributed by atoms with Crippen LogP contribution in [0, 0.1) is 10.1 Å². The van der Waals surface area contributed by atoms with Gasteiger partial charge in [-0.2, -0.15) is 0 Å². The van der Waals surface area contributed by atoms with Gasteiger partial charge in [-0.25, -0.2) is 4.79 Å². The van der Waals surface area contributed by atoms with Gasteiger partial charge in [-0.15, -0.1) is 0 Å². The smallest absolute Gasteiger partial charge is 0.328 e. The normalized spacial score (nSPS) is 19.8. The molecule has 0 radical (unpaired) electrons. The fraction of sp³-hybridized carbons (Fsp3) is 0.333. The number of amides is 3. The predicted molar refractivity (Wildman–Crippen MR) is 85.4 cm³/mol. The van der Waals surface area contributed by atoms with Crippen LogP contribution >= 0.6 is 0 Å². The summed E-state index contributed by atoms with van der Waals surface area (Å²) in [7, 11) is 1.37. The molecule has 0 aromatic heterocycles. The Morgan fingerprint density at radius 1 is 1.29 bits per heavy atom. The molecule has 0 bridgehead atoms. The van der Waals surface area contributed by atoms with Gasteiger partial charge in [0.1, 0.15) is 5.70 Å². The Labute approximate surface area is 137 Å². The first kappa shape index (κ1) is 15.9. The molecule has 126 valence electrons. The zero-order chi connectivity index (χ0) is 17.3. The number of nitro groups is 1. The van der Waals surface area contributed by atoms with Crippen LogP contribution in [-0.4, -0.2) is 55.1 Å². The summed E-state index contributed by atoms with van der Waals surface area (Å²) in [5.41, 5.74) is 1.28. The maximum Gasteiger partial charge on any atom is 0.328 e. The lowest BCUT2D eigenvalue weighted by atomic mass is 10.1. The summed E-state index contributed by atoms with van der Waals surface area (Å²) in [6, 6.07) is 3.95. The number of rotatable bonds is 3. The number of urea groups is 1. The highest BCUT2D eigenvalue weighted by atomic mass is 16.6. The molecule has 2 fully saturated rings. The lowest BCUT2D eigenvalue weighted by Gasteiger charge is -2.30. The Bertz CT molecular complexity index is 739. The fourth-order valence-corrected chi connectivity index (χ4v) is 2.64. The van der Waals surface area contributed by atoms with E-state index in [9.17, 15) is 19.7 Å². The molecule has 0 unspecified atom stereocenters. The molecule has 2 heterocycles. The molecule has 9 heteroatoms. The molecule has 3 amide bonds. The van der Waals surface area contributed by atoms with Crippen molar-refractivity contribution < 1.29 is 19.2 Å². The van der Waals surface area contributed by atoms with Gasteiger partial charge in [-0.05, 0) is 12.1 Å². The average molecular weight is 332 g/mol. The number of hydrogen-bond acceptors (Lipinski definition) is 6. The lowest BCUT2D eigenvalue weighted by Crippen LogP contribution is -2.36. The van der Waals surface area contributed by atoms with Crippen LogP contribution in [0.1, 0.15) is 5.56 Å². The third kappa shape index (κ3) is 2.93. The quantitative estimate of drug-likeness (QED) is 0.382. The van der Waals surface area contributed by atoms with Gasteiger partial charge in [-0.3, -0.25) is 19.8 Å². The average Bonchev–Trinajstić information content (AvgIpc) is 2.82. The molecule has 3 rings (SSSR count). The molecule has 0 spiro atoms. The zero-order valence-electron chi connectivity index (χ0n) is 13.0. The van der Waals surface area contributed by atoms with Gasteiger partial charge in [0.2, 0.25) is 0 Å². The van der Waals surface area contributed by atoms with Gasteiger partial charge in [0.15, 0.2) is 0 Å². The van der Waals surface area contributed by atoms with E-state index in [2.05, 4.69) is 5.32 Å². The first-order valence-corrected chi connectivity index (χ1v) is 7.39. The highest BCUT2D eigenvalue weighted by molar-refractivity contribution is 6.14. The van der Waals surface area contributed by atoms with Crippen molar-refractivity contribution in [2.75, 3.05) is 38.3 Å². The first-order valence-electron chi connectivity index (χ1n) is 7.39. The summed E-state index contributed by atoms with van der Waals surface area (Å²) < 4.78 is 5.32. The highest BCUT2D eigenvalue weighted by Gasteiger charge is 2.30. The molecular formula is C15H16N4O5. The topological polar surface area (TPSA) is 105 Å². The maximum atomic E-state index is 12.0. The van der Waals surface area contributed by atoms with Crippen LogP contribution in [0.2, 0.25) is 0 Å². The molecule has 24 heavy (non-hydrogen) atoms. The number of non-ortho nitro benzene ring substituents is 1. The number of nitrogens with zero attached hydrogens (tertiary/aromatic N) is 3. The van der Waals surface area contributed by atoms with Crippen LogP contribution in [0.5, 0.6) is 0 Å². The molecule has 2 aliphatic rings. The van der Waals surface area contributed by atoms with Gasteiger partial charge >= 0.3 is 6.03 Å². The van der Waals surface area contributed by atoms with E-state index in [-0.39, 0.29) is 11.4 Å². The third-order valence-corrected chi connectivity index (χ3v) is 3.95. The Balaban J connectivity index is 2.03. The van der Waals surface area contributed by atoms with Crippen LogP contribution in [0.25, 0.3) is 6.08 Å².